The summed E-state index contributed by atoms with van der Waals surface area (Å²) in [7, 11) is -3.10. The Bertz CT molecular complexity index is 1450. The van der Waals surface area contributed by atoms with E-state index in [-0.39, 0.29) is 10.8 Å². The number of benzene rings is 3. The van der Waals surface area contributed by atoms with Crippen molar-refractivity contribution in [2.24, 2.45) is 5.92 Å². The van der Waals surface area contributed by atoms with Gasteiger partial charge in [0.2, 0.25) is 0 Å². The zero-order chi connectivity index (χ0) is 26.5. The van der Waals surface area contributed by atoms with Crippen molar-refractivity contribution < 1.29 is 8.42 Å². The van der Waals surface area contributed by atoms with Crippen LogP contribution < -0.4 is 5.32 Å². The van der Waals surface area contributed by atoms with E-state index in [1.54, 1.807) is 0 Å². The first kappa shape index (κ1) is 25.5. The van der Waals surface area contributed by atoms with Gasteiger partial charge in [-0.3, -0.25) is 4.90 Å². The SMILES string of the molecule is O=S(=O)(c1ccc(CCN2CCc3cc(C4(C5CCCC5)NCCc5ccccc54)ccc3C2)cc1)C1CC1. The fourth-order valence-corrected chi connectivity index (χ4v) is 9.24. The van der Waals surface area contributed by atoms with Crippen molar-refractivity contribution in [2.75, 3.05) is 19.6 Å². The number of nitrogens with one attached hydrogen (secondary N) is 1. The van der Waals surface area contributed by atoms with Crippen LogP contribution in [0.2, 0.25) is 0 Å². The maximum absolute atomic E-state index is 12.5. The monoisotopic (exact) mass is 540 g/mol. The maximum atomic E-state index is 12.5. The second kappa shape index (κ2) is 10.2. The van der Waals surface area contributed by atoms with E-state index < -0.39 is 9.84 Å². The van der Waals surface area contributed by atoms with E-state index in [0.717, 1.165) is 58.3 Å². The molecule has 2 heterocycles. The van der Waals surface area contributed by atoms with E-state index in [2.05, 4.69) is 52.7 Å². The summed E-state index contributed by atoms with van der Waals surface area (Å²) in [5.41, 5.74) is 8.63. The van der Waals surface area contributed by atoms with Gasteiger partial charge in [-0.2, -0.15) is 0 Å². The summed E-state index contributed by atoms with van der Waals surface area (Å²) in [4.78, 5) is 3.04. The molecule has 3 aromatic carbocycles. The highest BCUT2D eigenvalue weighted by Gasteiger charge is 2.45. The van der Waals surface area contributed by atoms with E-state index in [1.807, 2.05) is 24.3 Å². The molecule has 7 rings (SSSR count). The van der Waals surface area contributed by atoms with Gasteiger partial charge in [0, 0.05) is 26.2 Å². The second-order valence-electron chi connectivity index (χ2n) is 12.3. The highest BCUT2D eigenvalue weighted by Crippen LogP contribution is 2.48. The average molecular weight is 541 g/mol. The molecule has 0 amide bonds. The van der Waals surface area contributed by atoms with Crippen molar-refractivity contribution in [3.63, 3.8) is 0 Å². The van der Waals surface area contributed by atoms with Crippen LogP contribution in [0.1, 0.15) is 71.9 Å². The molecule has 0 radical (unpaired) electrons. The molecular weight excluding hydrogens is 500 g/mol. The maximum Gasteiger partial charge on any atom is 0.181 e. The van der Waals surface area contributed by atoms with Crippen LogP contribution in [0.4, 0.5) is 0 Å². The molecule has 1 atom stereocenters. The van der Waals surface area contributed by atoms with Crippen LogP contribution in [0, 0.1) is 5.92 Å². The van der Waals surface area contributed by atoms with E-state index in [1.165, 1.54) is 59.1 Å². The van der Waals surface area contributed by atoms with Crippen LogP contribution in [0.3, 0.4) is 0 Å². The Morgan fingerprint density at radius 1 is 0.846 bits per heavy atom. The number of fused-ring (bicyclic) bond motifs is 2. The normalized spacial score (nSPS) is 23.9. The molecular formula is C34H40N2O2S. The zero-order valence-electron chi connectivity index (χ0n) is 22.9. The largest absolute Gasteiger partial charge is 0.303 e. The first-order chi connectivity index (χ1) is 19.0. The summed E-state index contributed by atoms with van der Waals surface area (Å²) in [5.74, 6) is 0.655. The molecule has 0 bridgehead atoms. The van der Waals surface area contributed by atoms with Crippen molar-refractivity contribution in [3.8, 4) is 0 Å². The number of nitrogens with zero attached hydrogens (tertiary/aromatic N) is 1. The van der Waals surface area contributed by atoms with Crippen LogP contribution >= 0.6 is 0 Å². The van der Waals surface area contributed by atoms with Crippen molar-refractivity contribution in [1.82, 2.24) is 10.2 Å². The zero-order valence-corrected chi connectivity index (χ0v) is 23.7. The lowest BCUT2D eigenvalue weighted by Crippen LogP contribution is -2.52. The third kappa shape index (κ3) is 4.67. The number of hydrogen-bond donors (Lipinski definition) is 1. The third-order valence-corrected chi connectivity index (χ3v) is 12.2. The van der Waals surface area contributed by atoms with Crippen LogP contribution in [0.25, 0.3) is 0 Å². The minimum atomic E-state index is -3.10. The summed E-state index contributed by atoms with van der Waals surface area (Å²) < 4.78 is 25.0. The van der Waals surface area contributed by atoms with E-state index in [4.69, 9.17) is 0 Å². The summed E-state index contributed by atoms with van der Waals surface area (Å²) in [6, 6.07) is 24.2. The van der Waals surface area contributed by atoms with Crippen LogP contribution in [0.15, 0.2) is 71.6 Å². The lowest BCUT2D eigenvalue weighted by molar-refractivity contribution is 0.246. The molecule has 1 unspecified atom stereocenters. The fraction of sp³-hybridized carbons (Fsp3) is 0.471. The van der Waals surface area contributed by atoms with Crippen molar-refractivity contribution in [3.05, 3.63) is 100 Å². The summed E-state index contributed by atoms with van der Waals surface area (Å²) in [6.45, 7) is 4.11. The second-order valence-corrected chi connectivity index (χ2v) is 14.5. The fourth-order valence-electron chi connectivity index (χ4n) is 7.58. The minimum absolute atomic E-state index is 0.0589. The van der Waals surface area contributed by atoms with E-state index >= 15 is 0 Å². The molecule has 3 aromatic rings. The molecule has 204 valence electrons. The molecule has 0 spiro atoms. The lowest BCUT2D eigenvalue weighted by Gasteiger charge is -2.46. The van der Waals surface area contributed by atoms with Gasteiger partial charge in [-0.25, -0.2) is 8.42 Å². The first-order valence-corrected chi connectivity index (χ1v) is 16.6. The topological polar surface area (TPSA) is 49.4 Å². The number of hydrogen-bond acceptors (Lipinski definition) is 4. The van der Waals surface area contributed by atoms with Gasteiger partial charge in [-0.1, -0.05) is 67.4 Å². The summed E-state index contributed by atoms with van der Waals surface area (Å²) >= 11 is 0. The van der Waals surface area contributed by atoms with Crippen molar-refractivity contribution in [1.29, 1.82) is 0 Å². The lowest BCUT2D eigenvalue weighted by atomic mass is 9.68. The molecule has 5 heteroatoms. The molecule has 39 heavy (non-hydrogen) atoms. The van der Waals surface area contributed by atoms with Gasteiger partial charge in [0.1, 0.15) is 0 Å². The Labute approximate surface area is 233 Å². The highest BCUT2D eigenvalue weighted by atomic mass is 32.2. The van der Waals surface area contributed by atoms with Gasteiger partial charge in [-0.05, 0) is 96.4 Å². The van der Waals surface area contributed by atoms with Gasteiger partial charge in [-0.15, -0.1) is 0 Å². The quantitative estimate of drug-likeness (QED) is 0.411. The standard InChI is InChI=1S/C34H40N2O2S/c37-39(38,32-15-16-32)31-13-9-25(10-14-31)18-21-36-22-19-27-23-30(12-11-28(27)24-36)34(29-6-2-3-7-29)33-8-4-1-5-26(33)17-20-35-34/h1,4-5,8-14,23,29,32,35H,2-3,6-7,15-22,24H2. The minimum Gasteiger partial charge on any atom is -0.303 e. The molecule has 0 saturated heterocycles. The van der Waals surface area contributed by atoms with Crippen LogP contribution in [-0.2, 0) is 41.2 Å². The molecule has 1 N–H and O–H groups in total. The van der Waals surface area contributed by atoms with Crippen LogP contribution in [0.5, 0.6) is 0 Å². The molecule has 2 fully saturated rings. The van der Waals surface area contributed by atoms with Gasteiger partial charge in [0.15, 0.2) is 9.84 Å². The van der Waals surface area contributed by atoms with Crippen LogP contribution in [-0.4, -0.2) is 38.2 Å². The predicted octanol–water partition coefficient (Wildman–Crippen LogP) is 5.80. The molecule has 4 aliphatic rings. The smallest absolute Gasteiger partial charge is 0.181 e. The summed E-state index contributed by atoms with van der Waals surface area (Å²) in [5, 5.41) is 3.93. The van der Waals surface area contributed by atoms with Crippen molar-refractivity contribution >= 4 is 9.84 Å². The van der Waals surface area contributed by atoms with E-state index in [0.29, 0.717) is 10.8 Å². The Morgan fingerprint density at radius 3 is 2.44 bits per heavy atom. The van der Waals surface area contributed by atoms with Gasteiger partial charge < -0.3 is 5.32 Å². The van der Waals surface area contributed by atoms with E-state index in [9.17, 15) is 8.42 Å². The molecule has 0 aromatic heterocycles. The molecule has 2 aliphatic heterocycles. The van der Waals surface area contributed by atoms with Gasteiger partial charge >= 0.3 is 0 Å². The van der Waals surface area contributed by atoms with Gasteiger partial charge in [0.25, 0.3) is 0 Å². The summed E-state index contributed by atoms with van der Waals surface area (Å²) in [6.07, 6.45) is 10.1. The highest BCUT2D eigenvalue weighted by molar-refractivity contribution is 7.92. The van der Waals surface area contributed by atoms with Crippen molar-refractivity contribution in [2.45, 2.75) is 80.0 Å². The number of rotatable bonds is 7. The Balaban J connectivity index is 1.08. The Hall–Kier alpha value is -2.47. The number of sulfone groups is 1. The molecule has 4 nitrogen and oxygen atoms in total. The molecule has 2 saturated carbocycles. The third-order valence-electron chi connectivity index (χ3n) is 9.89. The average Bonchev–Trinajstić information content (AvgIpc) is 3.71. The Kier molecular flexibility index (Phi) is 6.65. The van der Waals surface area contributed by atoms with Gasteiger partial charge in [0.05, 0.1) is 15.7 Å². The first-order valence-electron chi connectivity index (χ1n) is 15.0. The Morgan fingerprint density at radius 2 is 1.64 bits per heavy atom. The predicted molar refractivity (Wildman–Crippen MR) is 157 cm³/mol. The molecule has 2 aliphatic carbocycles.